The number of hydrogen-bond donors (Lipinski definition) is 1. The van der Waals surface area contributed by atoms with E-state index in [1.807, 2.05) is 48.5 Å². The van der Waals surface area contributed by atoms with Crippen LogP contribution in [0.1, 0.15) is 30.9 Å². The summed E-state index contributed by atoms with van der Waals surface area (Å²) < 4.78 is 10.7. The summed E-state index contributed by atoms with van der Waals surface area (Å²) in [7, 11) is 0. The Morgan fingerprint density at radius 3 is 2.06 bits per heavy atom. The number of nitrogens with two attached hydrogens (primary N) is 1. The molecule has 2 aliphatic rings. The summed E-state index contributed by atoms with van der Waals surface area (Å²) in [6.07, 6.45) is 1.45. The monoisotopic (exact) mass is 476 g/mol. The zero-order valence-electron chi connectivity index (χ0n) is 18.8. The maximum absolute atomic E-state index is 13.4. The fourth-order valence-corrected chi connectivity index (χ4v) is 5.18. The van der Waals surface area contributed by atoms with E-state index in [1.54, 1.807) is 26.0 Å². The van der Waals surface area contributed by atoms with Crippen molar-refractivity contribution >= 4 is 34.5 Å². The van der Waals surface area contributed by atoms with Gasteiger partial charge in [0.1, 0.15) is 10.9 Å². The van der Waals surface area contributed by atoms with Crippen molar-refractivity contribution in [2.45, 2.75) is 19.8 Å². The van der Waals surface area contributed by atoms with Crippen LogP contribution in [0.25, 0.3) is 4.91 Å². The highest BCUT2D eigenvalue weighted by molar-refractivity contribution is 8.11. The fourth-order valence-electron chi connectivity index (χ4n) is 3.96. The lowest BCUT2D eigenvalue weighted by Gasteiger charge is -2.38. The minimum Gasteiger partial charge on any atom is -0.463 e. The van der Waals surface area contributed by atoms with Crippen LogP contribution < -0.4 is 5.73 Å². The first-order chi connectivity index (χ1) is 16.5. The Hall–Kier alpha value is -3.78. The number of benzene rings is 2. The number of nitrogens with zero attached hydrogens (tertiary/aromatic N) is 1. The van der Waals surface area contributed by atoms with Crippen molar-refractivity contribution in [3.8, 4) is 0 Å². The molecule has 2 aromatic carbocycles. The van der Waals surface area contributed by atoms with Gasteiger partial charge in [0.05, 0.1) is 30.3 Å². The molecule has 7 nitrogen and oxygen atoms in total. The van der Waals surface area contributed by atoms with Crippen LogP contribution in [0.5, 0.6) is 0 Å². The van der Waals surface area contributed by atoms with E-state index in [0.717, 1.165) is 5.56 Å². The van der Waals surface area contributed by atoms with Crippen LogP contribution in [0.2, 0.25) is 0 Å². The van der Waals surface area contributed by atoms with Crippen LogP contribution in [0, 0.1) is 0 Å². The first kappa shape index (κ1) is 23.4. The Morgan fingerprint density at radius 2 is 1.47 bits per heavy atom. The van der Waals surface area contributed by atoms with E-state index in [2.05, 4.69) is 0 Å². The van der Waals surface area contributed by atoms with Gasteiger partial charge in [-0.05, 0) is 25.0 Å². The van der Waals surface area contributed by atoms with E-state index in [-0.39, 0.29) is 30.2 Å². The topological polar surface area (TPSA) is 98.9 Å². The Labute approximate surface area is 201 Å². The van der Waals surface area contributed by atoms with Crippen molar-refractivity contribution in [3.63, 3.8) is 0 Å². The van der Waals surface area contributed by atoms with Crippen molar-refractivity contribution in [1.82, 2.24) is 4.90 Å². The van der Waals surface area contributed by atoms with Gasteiger partial charge in [-0.3, -0.25) is 9.69 Å². The highest BCUT2D eigenvalue weighted by Gasteiger charge is 2.45. The molecule has 174 valence electrons. The molecule has 0 spiro atoms. The molecule has 0 saturated carbocycles. The van der Waals surface area contributed by atoms with Crippen molar-refractivity contribution in [2.75, 3.05) is 13.2 Å². The van der Waals surface area contributed by atoms with Crippen LogP contribution in [0.4, 0.5) is 0 Å². The third-order valence-corrected chi connectivity index (χ3v) is 6.56. The highest BCUT2D eigenvalue weighted by atomic mass is 32.2. The minimum absolute atomic E-state index is 0.0327. The summed E-state index contributed by atoms with van der Waals surface area (Å²) in [6.45, 7) is 3.62. The molecule has 34 heavy (non-hydrogen) atoms. The summed E-state index contributed by atoms with van der Waals surface area (Å²) in [5.74, 6) is -2.69. The number of rotatable bonds is 6. The molecule has 0 fully saturated rings. The molecule has 1 atom stereocenters. The Kier molecular flexibility index (Phi) is 6.88. The predicted octanol–water partition coefficient (Wildman–Crippen LogP) is 3.91. The Balaban J connectivity index is 1.98. The SMILES string of the molecule is CCOC(=O)C1=C(N)N2C(=O)C=C(c3ccccc3)SC2=C(C(=O)OCC)C1c1ccccc1. The summed E-state index contributed by atoms with van der Waals surface area (Å²) >= 11 is 1.24. The minimum atomic E-state index is -0.860. The quantitative estimate of drug-likeness (QED) is 0.631. The molecule has 1 amide bonds. The number of ether oxygens (including phenoxy) is 2. The van der Waals surface area contributed by atoms with Crippen LogP contribution >= 0.6 is 11.8 Å². The molecule has 8 heteroatoms. The van der Waals surface area contributed by atoms with Gasteiger partial charge in [0.25, 0.3) is 5.91 Å². The molecule has 0 aliphatic carbocycles. The van der Waals surface area contributed by atoms with Crippen molar-refractivity contribution in [1.29, 1.82) is 0 Å². The number of carbonyl (C=O) groups is 3. The van der Waals surface area contributed by atoms with E-state index in [9.17, 15) is 14.4 Å². The van der Waals surface area contributed by atoms with Crippen molar-refractivity contribution in [2.24, 2.45) is 5.73 Å². The summed E-state index contributed by atoms with van der Waals surface area (Å²) in [5, 5.41) is 0.323. The fraction of sp³-hybridized carbons (Fsp3) is 0.192. The lowest BCUT2D eigenvalue weighted by Crippen LogP contribution is -2.42. The zero-order chi connectivity index (χ0) is 24.2. The molecule has 2 heterocycles. The molecule has 0 saturated heterocycles. The van der Waals surface area contributed by atoms with Gasteiger partial charge in [0.2, 0.25) is 0 Å². The van der Waals surface area contributed by atoms with E-state index in [4.69, 9.17) is 15.2 Å². The zero-order valence-corrected chi connectivity index (χ0v) is 19.6. The van der Waals surface area contributed by atoms with Gasteiger partial charge in [0, 0.05) is 11.0 Å². The second-order valence-electron chi connectivity index (χ2n) is 7.45. The number of carbonyl (C=O) groups excluding carboxylic acids is 3. The van der Waals surface area contributed by atoms with Gasteiger partial charge in [-0.25, -0.2) is 9.59 Å². The number of thioether (sulfide) groups is 1. The molecule has 2 aliphatic heterocycles. The smallest absolute Gasteiger partial charge is 0.338 e. The van der Waals surface area contributed by atoms with Crippen molar-refractivity contribution in [3.05, 3.63) is 99.9 Å². The van der Waals surface area contributed by atoms with Crippen molar-refractivity contribution < 1.29 is 23.9 Å². The average Bonchev–Trinajstić information content (AvgIpc) is 2.84. The number of hydrogen-bond acceptors (Lipinski definition) is 7. The van der Waals surface area contributed by atoms with E-state index in [0.29, 0.717) is 15.5 Å². The maximum Gasteiger partial charge on any atom is 0.338 e. The first-order valence-electron chi connectivity index (χ1n) is 10.9. The maximum atomic E-state index is 13.4. The van der Waals surface area contributed by atoms with Crippen LogP contribution in [-0.2, 0) is 23.9 Å². The largest absolute Gasteiger partial charge is 0.463 e. The van der Waals surface area contributed by atoms with Crippen LogP contribution in [0.3, 0.4) is 0 Å². The predicted molar refractivity (Wildman–Crippen MR) is 130 cm³/mol. The summed E-state index contributed by atoms with van der Waals surface area (Å²) in [6, 6.07) is 18.4. The third-order valence-electron chi connectivity index (χ3n) is 5.39. The Bertz CT molecular complexity index is 1220. The van der Waals surface area contributed by atoms with E-state index in [1.165, 1.54) is 22.7 Å². The molecule has 2 N–H and O–H groups in total. The van der Waals surface area contributed by atoms with Crippen LogP contribution in [0.15, 0.2) is 88.7 Å². The van der Waals surface area contributed by atoms with Gasteiger partial charge >= 0.3 is 11.9 Å². The third kappa shape index (κ3) is 4.24. The first-order valence-corrected chi connectivity index (χ1v) is 11.7. The van der Waals surface area contributed by atoms with Gasteiger partial charge in [-0.1, -0.05) is 72.4 Å². The van der Waals surface area contributed by atoms with Crippen LogP contribution in [-0.4, -0.2) is 36.0 Å². The number of amides is 1. The van der Waals surface area contributed by atoms with E-state index >= 15 is 0 Å². The average molecular weight is 477 g/mol. The summed E-state index contributed by atoms with van der Waals surface area (Å²) in [4.78, 5) is 41.6. The molecular weight excluding hydrogens is 452 g/mol. The Morgan fingerprint density at radius 1 is 0.912 bits per heavy atom. The molecule has 0 aromatic heterocycles. The van der Waals surface area contributed by atoms with Gasteiger partial charge in [0.15, 0.2) is 0 Å². The second kappa shape index (κ2) is 10.0. The van der Waals surface area contributed by atoms with Gasteiger partial charge < -0.3 is 15.2 Å². The summed E-state index contributed by atoms with van der Waals surface area (Å²) in [5.41, 5.74) is 8.15. The molecule has 0 bridgehead atoms. The number of fused-ring (bicyclic) bond motifs is 1. The lowest BCUT2D eigenvalue weighted by molar-refractivity contribution is -0.139. The van der Waals surface area contributed by atoms with Gasteiger partial charge in [-0.2, -0.15) is 0 Å². The highest BCUT2D eigenvalue weighted by Crippen LogP contribution is 2.50. The molecular formula is C26H24N2O5S. The molecule has 2 aromatic rings. The van der Waals surface area contributed by atoms with E-state index < -0.39 is 23.8 Å². The standard InChI is InChI=1S/C26H24N2O5S/c1-3-32-25(30)21-20(17-13-9-6-10-14-17)22(26(31)33-4-2)24-28(23(21)27)19(29)15-18(34-24)16-11-7-5-8-12-16/h5-15,20H,3-4,27H2,1-2H3. The lowest BCUT2D eigenvalue weighted by atomic mass is 9.82. The number of esters is 2. The molecule has 0 radical (unpaired) electrons. The molecule has 1 unspecified atom stereocenters. The molecule has 4 rings (SSSR count). The normalized spacial score (nSPS) is 17.8. The van der Waals surface area contributed by atoms with Gasteiger partial charge in [-0.15, -0.1) is 0 Å². The second-order valence-corrected chi connectivity index (χ2v) is 8.48.